The number of thioether (sulfide) groups is 1. The zero-order valence-corrected chi connectivity index (χ0v) is 21.1. The number of carbonyl (C=O) groups is 2. The van der Waals surface area contributed by atoms with Crippen molar-refractivity contribution in [3.63, 3.8) is 0 Å². The largest absolute Gasteiger partial charge is 0.354 e. The van der Waals surface area contributed by atoms with E-state index in [1.807, 2.05) is 13.0 Å². The van der Waals surface area contributed by atoms with Crippen molar-refractivity contribution < 1.29 is 9.59 Å². The van der Waals surface area contributed by atoms with Gasteiger partial charge in [0.2, 0.25) is 11.8 Å². The fraction of sp³-hybridized carbons (Fsp3) is 0.364. The standard InChI is InChI=1S/C22H24Cl4N2O2S/c1-3-9-27-22(30)14(2)28(11-17-18(24)5-4-6-19(17)25)21(29)13-31-12-15-7-8-16(23)10-20(15)26/h4-8,10,14H,3,9,11-13H2,1-2H3,(H,27,30)/t14-/m0/s1. The maximum absolute atomic E-state index is 13.1. The molecule has 4 nitrogen and oxygen atoms in total. The van der Waals surface area contributed by atoms with Gasteiger partial charge in [0.15, 0.2) is 0 Å². The molecule has 2 aromatic carbocycles. The number of rotatable bonds is 10. The van der Waals surface area contributed by atoms with Gasteiger partial charge in [0.1, 0.15) is 6.04 Å². The third-order valence-corrected chi connectivity index (χ3v) is 6.87. The predicted molar refractivity (Wildman–Crippen MR) is 132 cm³/mol. The van der Waals surface area contributed by atoms with Crippen LogP contribution in [0.5, 0.6) is 0 Å². The second-order valence-electron chi connectivity index (χ2n) is 6.92. The van der Waals surface area contributed by atoms with E-state index in [4.69, 9.17) is 46.4 Å². The predicted octanol–water partition coefficient (Wildman–Crippen LogP) is 6.48. The number of halogens is 4. The zero-order valence-electron chi connectivity index (χ0n) is 17.3. The highest BCUT2D eigenvalue weighted by atomic mass is 35.5. The Labute approximate surface area is 207 Å². The minimum absolute atomic E-state index is 0.139. The van der Waals surface area contributed by atoms with E-state index in [0.717, 1.165) is 12.0 Å². The maximum Gasteiger partial charge on any atom is 0.242 e. The highest BCUT2D eigenvalue weighted by Crippen LogP contribution is 2.28. The van der Waals surface area contributed by atoms with Crippen LogP contribution in [-0.2, 0) is 21.9 Å². The lowest BCUT2D eigenvalue weighted by atomic mass is 10.1. The van der Waals surface area contributed by atoms with E-state index in [1.54, 1.807) is 37.3 Å². The quantitative estimate of drug-likeness (QED) is 0.389. The number of amides is 2. The first-order valence-corrected chi connectivity index (χ1v) is 12.4. The Morgan fingerprint density at radius 1 is 1.06 bits per heavy atom. The van der Waals surface area contributed by atoms with Crippen molar-refractivity contribution in [2.45, 2.75) is 38.6 Å². The SMILES string of the molecule is CCCNC(=O)[C@H](C)N(Cc1c(Cl)cccc1Cl)C(=O)CSCc1ccc(Cl)cc1Cl. The van der Waals surface area contributed by atoms with E-state index in [2.05, 4.69) is 5.32 Å². The molecule has 2 rings (SSSR count). The lowest BCUT2D eigenvalue weighted by Crippen LogP contribution is -2.48. The summed E-state index contributed by atoms with van der Waals surface area (Å²) in [5.41, 5.74) is 1.50. The van der Waals surface area contributed by atoms with Gasteiger partial charge in [0, 0.05) is 44.5 Å². The Kier molecular flexibility index (Phi) is 10.8. The average molecular weight is 522 g/mol. The summed E-state index contributed by atoms with van der Waals surface area (Å²) >= 11 is 26.2. The van der Waals surface area contributed by atoms with Crippen LogP contribution in [0.2, 0.25) is 20.1 Å². The van der Waals surface area contributed by atoms with Crippen LogP contribution in [0.4, 0.5) is 0 Å². The Hall–Kier alpha value is -1.11. The minimum atomic E-state index is -0.675. The fourth-order valence-corrected chi connectivity index (χ4v) is 4.79. The van der Waals surface area contributed by atoms with Crippen LogP contribution in [0.1, 0.15) is 31.4 Å². The van der Waals surface area contributed by atoms with Crippen molar-refractivity contribution in [2.24, 2.45) is 0 Å². The summed E-state index contributed by atoms with van der Waals surface area (Å²) in [4.78, 5) is 27.2. The number of hydrogen-bond acceptors (Lipinski definition) is 3. The van der Waals surface area contributed by atoms with Crippen molar-refractivity contribution in [3.8, 4) is 0 Å². The minimum Gasteiger partial charge on any atom is -0.354 e. The van der Waals surface area contributed by atoms with Gasteiger partial charge < -0.3 is 10.2 Å². The van der Waals surface area contributed by atoms with Gasteiger partial charge in [-0.25, -0.2) is 0 Å². The van der Waals surface area contributed by atoms with Gasteiger partial charge in [-0.3, -0.25) is 9.59 Å². The normalized spacial score (nSPS) is 11.8. The van der Waals surface area contributed by atoms with Gasteiger partial charge in [-0.05, 0) is 43.2 Å². The molecule has 168 valence electrons. The maximum atomic E-state index is 13.1. The zero-order chi connectivity index (χ0) is 23.0. The lowest BCUT2D eigenvalue weighted by Gasteiger charge is -2.29. The summed E-state index contributed by atoms with van der Waals surface area (Å²) in [6.07, 6.45) is 0.806. The summed E-state index contributed by atoms with van der Waals surface area (Å²) in [7, 11) is 0. The van der Waals surface area contributed by atoms with Crippen LogP contribution < -0.4 is 5.32 Å². The van der Waals surface area contributed by atoms with E-state index in [-0.39, 0.29) is 24.1 Å². The molecule has 0 spiro atoms. The number of carbonyl (C=O) groups excluding carboxylic acids is 2. The van der Waals surface area contributed by atoms with E-state index >= 15 is 0 Å². The smallest absolute Gasteiger partial charge is 0.242 e. The molecular weight excluding hydrogens is 498 g/mol. The second-order valence-corrected chi connectivity index (χ2v) is 9.56. The average Bonchev–Trinajstić information content (AvgIpc) is 2.72. The molecule has 0 aromatic heterocycles. The van der Waals surface area contributed by atoms with Crippen LogP contribution >= 0.6 is 58.2 Å². The Bertz CT molecular complexity index is 906. The summed E-state index contributed by atoms with van der Waals surface area (Å²) in [5.74, 6) is 0.306. The van der Waals surface area contributed by atoms with Gasteiger partial charge in [0.25, 0.3) is 0 Å². The molecule has 0 aliphatic rings. The molecule has 0 bridgehead atoms. The molecule has 0 unspecified atom stereocenters. The van der Waals surface area contributed by atoms with Crippen molar-refractivity contribution in [1.82, 2.24) is 10.2 Å². The molecule has 0 fully saturated rings. The third-order valence-electron chi connectivity index (χ3n) is 4.60. The van der Waals surface area contributed by atoms with Gasteiger partial charge in [0.05, 0.1) is 5.75 Å². The van der Waals surface area contributed by atoms with Gasteiger partial charge in [-0.2, -0.15) is 0 Å². The van der Waals surface area contributed by atoms with Gasteiger partial charge in [-0.15, -0.1) is 11.8 Å². The second kappa shape index (κ2) is 12.8. The van der Waals surface area contributed by atoms with Gasteiger partial charge in [-0.1, -0.05) is 65.5 Å². The van der Waals surface area contributed by atoms with E-state index in [1.165, 1.54) is 16.7 Å². The van der Waals surface area contributed by atoms with E-state index < -0.39 is 6.04 Å². The molecule has 1 atom stereocenters. The molecule has 0 aliphatic heterocycles. The van der Waals surface area contributed by atoms with E-state index in [0.29, 0.717) is 38.0 Å². The highest BCUT2D eigenvalue weighted by Gasteiger charge is 2.27. The Morgan fingerprint density at radius 3 is 2.35 bits per heavy atom. The number of hydrogen-bond donors (Lipinski definition) is 1. The number of nitrogens with zero attached hydrogens (tertiary/aromatic N) is 1. The molecule has 9 heteroatoms. The van der Waals surface area contributed by atoms with Crippen molar-refractivity contribution in [1.29, 1.82) is 0 Å². The summed E-state index contributed by atoms with van der Waals surface area (Å²) in [6, 6.07) is 9.76. The van der Waals surface area contributed by atoms with E-state index in [9.17, 15) is 9.59 Å². The molecule has 2 amide bonds. The molecule has 2 aromatic rings. The first-order chi connectivity index (χ1) is 14.7. The summed E-state index contributed by atoms with van der Waals surface area (Å²) in [6.45, 7) is 4.35. The molecule has 0 aliphatic carbocycles. The lowest BCUT2D eigenvalue weighted by molar-refractivity contribution is -0.138. The van der Waals surface area contributed by atoms with Crippen molar-refractivity contribution in [2.75, 3.05) is 12.3 Å². The van der Waals surface area contributed by atoms with Crippen LogP contribution in [0, 0.1) is 0 Å². The number of nitrogens with one attached hydrogen (secondary N) is 1. The van der Waals surface area contributed by atoms with Crippen molar-refractivity contribution >= 4 is 70.0 Å². The summed E-state index contributed by atoms with van der Waals surface area (Å²) in [5, 5.41) is 4.86. The molecular formula is C22H24Cl4N2O2S. The molecule has 0 heterocycles. The van der Waals surface area contributed by atoms with Gasteiger partial charge >= 0.3 is 0 Å². The van der Waals surface area contributed by atoms with Crippen LogP contribution in [0.3, 0.4) is 0 Å². The highest BCUT2D eigenvalue weighted by molar-refractivity contribution is 7.99. The summed E-state index contributed by atoms with van der Waals surface area (Å²) < 4.78 is 0. The Morgan fingerprint density at radius 2 is 1.74 bits per heavy atom. The van der Waals surface area contributed by atoms with Crippen LogP contribution in [-0.4, -0.2) is 35.1 Å². The number of benzene rings is 2. The molecule has 1 N–H and O–H groups in total. The molecule has 0 saturated heterocycles. The topological polar surface area (TPSA) is 49.4 Å². The Balaban J connectivity index is 2.14. The van der Waals surface area contributed by atoms with Crippen molar-refractivity contribution in [3.05, 3.63) is 67.6 Å². The fourth-order valence-electron chi connectivity index (χ4n) is 2.80. The molecule has 0 saturated carbocycles. The molecule has 31 heavy (non-hydrogen) atoms. The van der Waals surface area contributed by atoms with Crippen LogP contribution in [0.15, 0.2) is 36.4 Å². The molecule has 0 radical (unpaired) electrons. The monoisotopic (exact) mass is 520 g/mol. The first-order valence-electron chi connectivity index (χ1n) is 9.76. The first kappa shape index (κ1) is 26.1. The third kappa shape index (κ3) is 7.76. The van der Waals surface area contributed by atoms with Crippen LogP contribution in [0.25, 0.3) is 0 Å².